The fourth-order valence-corrected chi connectivity index (χ4v) is 2.84. The van der Waals surface area contributed by atoms with E-state index in [0.717, 1.165) is 23.4 Å². The molecule has 0 fully saturated rings. The average Bonchev–Trinajstić information content (AvgIpc) is 3.21. The zero-order chi connectivity index (χ0) is 20.6. The first-order chi connectivity index (χ1) is 14.2. The minimum absolute atomic E-state index is 0.180. The predicted molar refractivity (Wildman–Crippen MR) is 108 cm³/mol. The summed E-state index contributed by atoms with van der Waals surface area (Å²) in [5, 5.41) is 15.3. The molecular weight excluding hydrogens is 370 g/mol. The first-order valence-electron chi connectivity index (χ1n) is 9.61. The van der Waals surface area contributed by atoms with Crippen LogP contribution in [0.25, 0.3) is 5.82 Å². The predicted octanol–water partition coefficient (Wildman–Crippen LogP) is 2.95. The number of nitrogens with zero attached hydrogens (tertiary/aromatic N) is 4. The van der Waals surface area contributed by atoms with Gasteiger partial charge in [0.1, 0.15) is 5.75 Å². The van der Waals surface area contributed by atoms with Crippen molar-refractivity contribution in [2.24, 2.45) is 0 Å². The van der Waals surface area contributed by atoms with Gasteiger partial charge in [0, 0.05) is 12.6 Å². The summed E-state index contributed by atoms with van der Waals surface area (Å²) < 4.78 is 12.2. The van der Waals surface area contributed by atoms with E-state index in [4.69, 9.17) is 9.47 Å². The van der Waals surface area contributed by atoms with Crippen LogP contribution in [-0.4, -0.2) is 39.6 Å². The van der Waals surface area contributed by atoms with E-state index in [0.29, 0.717) is 36.8 Å². The normalized spacial score (nSPS) is 10.6. The van der Waals surface area contributed by atoms with Gasteiger partial charge in [0.05, 0.1) is 31.2 Å². The molecule has 3 rings (SSSR count). The van der Waals surface area contributed by atoms with Crippen molar-refractivity contribution in [2.45, 2.75) is 33.2 Å². The van der Waals surface area contributed by atoms with Gasteiger partial charge in [-0.3, -0.25) is 4.79 Å². The van der Waals surface area contributed by atoms with Gasteiger partial charge in [0.25, 0.3) is 5.91 Å². The van der Waals surface area contributed by atoms with Gasteiger partial charge in [-0.25, -0.2) is 4.68 Å². The van der Waals surface area contributed by atoms with Crippen molar-refractivity contribution in [1.29, 1.82) is 0 Å². The van der Waals surface area contributed by atoms with E-state index in [9.17, 15) is 4.79 Å². The van der Waals surface area contributed by atoms with Crippen LogP contribution in [0, 0.1) is 0 Å². The van der Waals surface area contributed by atoms with Gasteiger partial charge in [-0.2, -0.15) is 5.10 Å². The van der Waals surface area contributed by atoms with Gasteiger partial charge in [-0.1, -0.05) is 26.0 Å². The molecule has 0 bridgehead atoms. The molecule has 0 aliphatic rings. The van der Waals surface area contributed by atoms with Gasteiger partial charge < -0.3 is 14.8 Å². The molecule has 2 aromatic heterocycles. The summed E-state index contributed by atoms with van der Waals surface area (Å²) in [7, 11) is 1.53. The standard InChI is InChI=1S/C21H25N5O3/c1-4-12-29-16-8-6-15(7-9-16)13-22-21(27)17-14-23-26(18(17)5-2)19-10-11-20(28-3)25-24-19/h6-11,14H,4-5,12-13H2,1-3H3,(H,22,27). The summed E-state index contributed by atoms with van der Waals surface area (Å²) in [5.74, 6) is 1.60. The van der Waals surface area contributed by atoms with Crippen LogP contribution in [-0.2, 0) is 13.0 Å². The lowest BCUT2D eigenvalue weighted by molar-refractivity contribution is 0.0950. The molecule has 8 heteroatoms. The number of ether oxygens (including phenoxy) is 2. The van der Waals surface area contributed by atoms with Crippen molar-refractivity contribution < 1.29 is 14.3 Å². The molecule has 0 radical (unpaired) electrons. The number of nitrogens with one attached hydrogen (secondary N) is 1. The number of hydrogen-bond acceptors (Lipinski definition) is 6. The third-order valence-electron chi connectivity index (χ3n) is 4.35. The summed E-state index contributed by atoms with van der Waals surface area (Å²) in [5.41, 5.74) is 2.28. The molecule has 0 unspecified atom stereocenters. The minimum atomic E-state index is -0.180. The van der Waals surface area contributed by atoms with E-state index in [1.165, 1.54) is 7.11 Å². The van der Waals surface area contributed by atoms with Gasteiger partial charge in [0.2, 0.25) is 5.88 Å². The lowest BCUT2D eigenvalue weighted by Gasteiger charge is -2.09. The van der Waals surface area contributed by atoms with E-state index in [1.54, 1.807) is 23.0 Å². The van der Waals surface area contributed by atoms with E-state index in [1.807, 2.05) is 31.2 Å². The van der Waals surface area contributed by atoms with Crippen LogP contribution in [0.1, 0.15) is 41.9 Å². The minimum Gasteiger partial charge on any atom is -0.494 e. The van der Waals surface area contributed by atoms with Crippen LogP contribution in [0.2, 0.25) is 0 Å². The number of methoxy groups -OCH3 is 1. The number of rotatable bonds is 9. The highest BCUT2D eigenvalue weighted by atomic mass is 16.5. The van der Waals surface area contributed by atoms with Crippen molar-refractivity contribution in [2.75, 3.05) is 13.7 Å². The molecule has 1 amide bonds. The van der Waals surface area contributed by atoms with Crippen molar-refractivity contribution in [3.8, 4) is 17.4 Å². The zero-order valence-electron chi connectivity index (χ0n) is 16.9. The maximum absolute atomic E-state index is 12.7. The number of amides is 1. The van der Waals surface area contributed by atoms with Crippen molar-refractivity contribution in [3.05, 3.63) is 59.4 Å². The van der Waals surface area contributed by atoms with Gasteiger partial charge in [0.15, 0.2) is 5.82 Å². The molecule has 29 heavy (non-hydrogen) atoms. The molecule has 1 aromatic carbocycles. The number of benzene rings is 1. The van der Waals surface area contributed by atoms with Gasteiger partial charge in [-0.05, 0) is 36.6 Å². The van der Waals surface area contributed by atoms with E-state index >= 15 is 0 Å². The van der Waals surface area contributed by atoms with Crippen LogP contribution in [0.5, 0.6) is 11.6 Å². The van der Waals surface area contributed by atoms with Crippen LogP contribution < -0.4 is 14.8 Å². The molecule has 3 aromatic rings. The molecular formula is C21H25N5O3. The quantitative estimate of drug-likeness (QED) is 0.599. The Labute approximate surface area is 169 Å². The topological polar surface area (TPSA) is 91.2 Å². The lowest BCUT2D eigenvalue weighted by atomic mass is 10.1. The Morgan fingerprint density at radius 1 is 1.10 bits per heavy atom. The largest absolute Gasteiger partial charge is 0.494 e. The molecule has 0 saturated heterocycles. The molecule has 0 spiro atoms. The Hall–Kier alpha value is -3.42. The van der Waals surface area contributed by atoms with Crippen molar-refractivity contribution >= 4 is 5.91 Å². The van der Waals surface area contributed by atoms with Gasteiger partial charge >= 0.3 is 0 Å². The number of carbonyl (C=O) groups is 1. The number of hydrogen-bond donors (Lipinski definition) is 1. The third-order valence-corrected chi connectivity index (χ3v) is 4.35. The fourth-order valence-electron chi connectivity index (χ4n) is 2.84. The average molecular weight is 395 g/mol. The number of carbonyl (C=O) groups excluding carboxylic acids is 1. The van der Waals surface area contributed by atoms with E-state index in [-0.39, 0.29) is 5.91 Å². The molecule has 8 nitrogen and oxygen atoms in total. The Bertz CT molecular complexity index is 936. The monoisotopic (exact) mass is 395 g/mol. The van der Waals surface area contributed by atoms with Crippen molar-refractivity contribution in [1.82, 2.24) is 25.3 Å². The summed E-state index contributed by atoms with van der Waals surface area (Å²) >= 11 is 0. The summed E-state index contributed by atoms with van der Waals surface area (Å²) in [6.45, 7) is 5.15. The van der Waals surface area contributed by atoms with E-state index in [2.05, 4.69) is 27.5 Å². The SMILES string of the molecule is CCCOc1ccc(CNC(=O)c2cnn(-c3ccc(OC)nn3)c2CC)cc1. The van der Waals surface area contributed by atoms with Crippen LogP contribution in [0.15, 0.2) is 42.6 Å². The summed E-state index contributed by atoms with van der Waals surface area (Å²) in [6.07, 6.45) is 3.15. The second-order valence-corrected chi connectivity index (χ2v) is 6.38. The highest BCUT2D eigenvalue weighted by Gasteiger charge is 2.18. The Kier molecular flexibility index (Phi) is 6.78. The summed E-state index contributed by atoms with van der Waals surface area (Å²) in [4.78, 5) is 12.7. The molecule has 0 aliphatic heterocycles. The Balaban J connectivity index is 1.68. The Morgan fingerprint density at radius 3 is 2.52 bits per heavy atom. The van der Waals surface area contributed by atoms with E-state index < -0.39 is 0 Å². The van der Waals surface area contributed by atoms with Gasteiger partial charge in [-0.15, -0.1) is 10.2 Å². The molecule has 0 aliphatic carbocycles. The smallest absolute Gasteiger partial charge is 0.255 e. The summed E-state index contributed by atoms with van der Waals surface area (Å²) in [6, 6.07) is 11.2. The molecule has 0 saturated carbocycles. The van der Waals surface area contributed by atoms with Crippen LogP contribution in [0.3, 0.4) is 0 Å². The van der Waals surface area contributed by atoms with Crippen molar-refractivity contribution in [3.63, 3.8) is 0 Å². The first kappa shape index (κ1) is 20.3. The molecule has 1 N–H and O–H groups in total. The third kappa shape index (κ3) is 4.90. The maximum Gasteiger partial charge on any atom is 0.255 e. The fraction of sp³-hybridized carbons (Fsp3) is 0.333. The molecule has 2 heterocycles. The maximum atomic E-state index is 12.7. The number of aromatic nitrogens is 4. The lowest BCUT2D eigenvalue weighted by Crippen LogP contribution is -2.23. The van der Waals surface area contributed by atoms with Crippen LogP contribution >= 0.6 is 0 Å². The second-order valence-electron chi connectivity index (χ2n) is 6.38. The first-order valence-corrected chi connectivity index (χ1v) is 9.61. The Morgan fingerprint density at radius 2 is 1.90 bits per heavy atom. The molecule has 0 atom stereocenters. The zero-order valence-corrected chi connectivity index (χ0v) is 16.9. The van der Waals surface area contributed by atoms with Crippen LogP contribution in [0.4, 0.5) is 0 Å². The molecule has 152 valence electrons. The highest BCUT2D eigenvalue weighted by molar-refractivity contribution is 5.95. The highest BCUT2D eigenvalue weighted by Crippen LogP contribution is 2.16. The second kappa shape index (κ2) is 9.68.